The number of rotatable bonds is 8. The van der Waals surface area contributed by atoms with Crippen molar-refractivity contribution in [1.82, 2.24) is 10.6 Å². The Morgan fingerprint density at radius 1 is 1.47 bits per heavy atom. The number of hydrogen-bond acceptors (Lipinski definition) is 3. The summed E-state index contributed by atoms with van der Waals surface area (Å²) in [6, 6.07) is -0.177. The van der Waals surface area contributed by atoms with Crippen molar-refractivity contribution in [3.05, 3.63) is 0 Å². The van der Waals surface area contributed by atoms with Gasteiger partial charge in [-0.15, -0.1) is 0 Å². The second-order valence-electron chi connectivity index (χ2n) is 4.30. The molecule has 1 saturated carbocycles. The van der Waals surface area contributed by atoms with Gasteiger partial charge in [-0.3, -0.25) is 4.79 Å². The van der Waals surface area contributed by atoms with E-state index in [2.05, 4.69) is 10.6 Å². The molecule has 0 aromatic heterocycles. The third-order valence-corrected chi connectivity index (χ3v) is 2.71. The van der Waals surface area contributed by atoms with Gasteiger partial charge in [0.15, 0.2) is 0 Å². The Balaban J connectivity index is 2.11. The smallest absolute Gasteiger partial charge is 0.315 e. The number of aliphatic carboxylic acids is 1. The van der Waals surface area contributed by atoms with Gasteiger partial charge in [0.2, 0.25) is 0 Å². The number of amides is 2. The Morgan fingerprint density at radius 3 is 2.71 bits per heavy atom. The molecule has 1 fully saturated rings. The minimum atomic E-state index is -0.845. The summed E-state index contributed by atoms with van der Waals surface area (Å²) in [5.41, 5.74) is 0. The van der Waals surface area contributed by atoms with Crippen molar-refractivity contribution < 1.29 is 19.4 Å². The molecule has 98 valence electrons. The minimum Gasteiger partial charge on any atom is -0.481 e. The number of carbonyl (C=O) groups is 2. The molecule has 3 N–H and O–H groups in total. The highest BCUT2D eigenvalue weighted by atomic mass is 16.5. The lowest BCUT2D eigenvalue weighted by molar-refractivity contribution is -0.137. The number of urea groups is 1. The molecule has 1 aliphatic rings. The SMILES string of the molecule is COCC(NC(=O)NCCCC(=O)O)C1CC1. The maximum atomic E-state index is 11.5. The lowest BCUT2D eigenvalue weighted by Gasteiger charge is -2.17. The molecule has 17 heavy (non-hydrogen) atoms. The fourth-order valence-electron chi connectivity index (χ4n) is 1.63. The predicted molar refractivity (Wildman–Crippen MR) is 61.8 cm³/mol. The highest BCUT2D eigenvalue weighted by Crippen LogP contribution is 2.32. The maximum absolute atomic E-state index is 11.5. The fourth-order valence-corrected chi connectivity index (χ4v) is 1.63. The molecule has 0 aliphatic heterocycles. The Kier molecular flexibility index (Phi) is 5.76. The number of hydrogen-bond donors (Lipinski definition) is 3. The topological polar surface area (TPSA) is 87.7 Å². The summed E-state index contributed by atoms with van der Waals surface area (Å²) in [6.07, 6.45) is 2.78. The standard InChI is InChI=1S/C11H20N2O4/c1-17-7-9(8-4-5-8)13-11(16)12-6-2-3-10(14)15/h8-9H,2-7H2,1H3,(H,14,15)(H2,12,13,16). The number of carboxylic acids is 1. The maximum Gasteiger partial charge on any atom is 0.315 e. The molecule has 0 bridgehead atoms. The van der Waals surface area contributed by atoms with E-state index in [1.54, 1.807) is 7.11 Å². The van der Waals surface area contributed by atoms with Gasteiger partial charge in [-0.25, -0.2) is 4.79 Å². The first kappa shape index (κ1) is 13.8. The van der Waals surface area contributed by atoms with Crippen LogP contribution < -0.4 is 10.6 Å². The molecule has 2 amide bonds. The third-order valence-electron chi connectivity index (χ3n) is 2.71. The predicted octanol–water partition coefficient (Wildman–Crippen LogP) is 0.575. The first-order valence-electron chi connectivity index (χ1n) is 5.88. The summed E-state index contributed by atoms with van der Waals surface area (Å²) >= 11 is 0. The summed E-state index contributed by atoms with van der Waals surface area (Å²) in [7, 11) is 1.61. The van der Waals surface area contributed by atoms with Crippen molar-refractivity contribution in [2.45, 2.75) is 31.7 Å². The lowest BCUT2D eigenvalue weighted by Crippen LogP contribution is -2.45. The van der Waals surface area contributed by atoms with Gasteiger partial charge in [-0.1, -0.05) is 0 Å². The number of carbonyl (C=O) groups excluding carboxylic acids is 1. The summed E-state index contributed by atoms with van der Waals surface area (Å²) in [5, 5.41) is 13.9. The molecule has 1 aliphatic carbocycles. The molecule has 6 nitrogen and oxygen atoms in total. The summed E-state index contributed by atoms with van der Waals surface area (Å²) in [5.74, 6) is -0.317. The lowest BCUT2D eigenvalue weighted by atomic mass is 10.2. The molecular weight excluding hydrogens is 224 g/mol. The number of methoxy groups -OCH3 is 1. The van der Waals surface area contributed by atoms with Crippen LogP contribution in [0.4, 0.5) is 4.79 Å². The van der Waals surface area contributed by atoms with Crippen LogP contribution in [0.15, 0.2) is 0 Å². The van der Waals surface area contributed by atoms with E-state index >= 15 is 0 Å². The Labute approximate surface area is 101 Å². The van der Waals surface area contributed by atoms with Crippen LogP contribution in [0.3, 0.4) is 0 Å². The van der Waals surface area contributed by atoms with E-state index in [1.165, 1.54) is 0 Å². The van der Waals surface area contributed by atoms with E-state index in [4.69, 9.17) is 9.84 Å². The van der Waals surface area contributed by atoms with Crippen LogP contribution in [-0.4, -0.2) is 43.4 Å². The normalized spacial score (nSPS) is 16.3. The van der Waals surface area contributed by atoms with Crippen LogP contribution in [0, 0.1) is 5.92 Å². The number of nitrogens with one attached hydrogen (secondary N) is 2. The van der Waals surface area contributed by atoms with Gasteiger partial charge in [0.05, 0.1) is 12.6 Å². The van der Waals surface area contributed by atoms with Crippen molar-refractivity contribution >= 4 is 12.0 Å². The fraction of sp³-hybridized carbons (Fsp3) is 0.818. The second-order valence-corrected chi connectivity index (χ2v) is 4.30. The first-order chi connectivity index (χ1) is 8.13. The molecule has 1 rings (SSSR count). The Morgan fingerprint density at radius 2 is 2.18 bits per heavy atom. The van der Waals surface area contributed by atoms with E-state index in [-0.39, 0.29) is 18.5 Å². The van der Waals surface area contributed by atoms with Crippen molar-refractivity contribution in [2.75, 3.05) is 20.3 Å². The Hall–Kier alpha value is -1.30. The van der Waals surface area contributed by atoms with Gasteiger partial charge >= 0.3 is 12.0 Å². The van der Waals surface area contributed by atoms with Crippen LogP contribution in [0.25, 0.3) is 0 Å². The molecule has 0 aromatic carbocycles. The average molecular weight is 244 g/mol. The van der Waals surface area contributed by atoms with Crippen LogP contribution in [-0.2, 0) is 9.53 Å². The highest BCUT2D eigenvalue weighted by Gasteiger charge is 2.32. The zero-order valence-corrected chi connectivity index (χ0v) is 10.1. The summed E-state index contributed by atoms with van der Waals surface area (Å²) in [4.78, 5) is 21.7. The molecule has 0 aromatic rings. The molecule has 0 saturated heterocycles. The van der Waals surface area contributed by atoms with Crippen LogP contribution in [0.5, 0.6) is 0 Å². The third kappa shape index (κ3) is 6.11. The van der Waals surface area contributed by atoms with Gasteiger partial charge in [-0.05, 0) is 25.2 Å². The van der Waals surface area contributed by atoms with Gasteiger partial charge in [0.1, 0.15) is 0 Å². The molecule has 0 heterocycles. The average Bonchev–Trinajstić information content (AvgIpc) is 3.07. The largest absolute Gasteiger partial charge is 0.481 e. The van der Waals surface area contributed by atoms with Crippen LogP contribution in [0.1, 0.15) is 25.7 Å². The van der Waals surface area contributed by atoms with E-state index in [0.717, 1.165) is 12.8 Å². The second kappa shape index (κ2) is 7.11. The Bertz CT molecular complexity index is 266. The molecule has 1 unspecified atom stereocenters. The van der Waals surface area contributed by atoms with Crippen molar-refractivity contribution in [3.8, 4) is 0 Å². The van der Waals surface area contributed by atoms with E-state index in [0.29, 0.717) is 25.5 Å². The highest BCUT2D eigenvalue weighted by molar-refractivity contribution is 5.74. The van der Waals surface area contributed by atoms with E-state index in [1.807, 2.05) is 0 Å². The molecule has 0 spiro atoms. The monoisotopic (exact) mass is 244 g/mol. The van der Waals surface area contributed by atoms with Crippen molar-refractivity contribution in [1.29, 1.82) is 0 Å². The minimum absolute atomic E-state index is 0.0690. The zero-order chi connectivity index (χ0) is 12.7. The summed E-state index contributed by atoms with van der Waals surface area (Å²) < 4.78 is 5.04. The first-order valence-corrected chi connectivity index (χ1v) is 5.88. The number of ether oxygens (including phenoxy) is 1. The van der Waals surface area contributed by atoms with E-state index in [9.17, 15) is 9.59 Å². The van der Waals surface area contributed by atoms with Crippen LogP contribution in [0.2, 0.25) is 0 Å². The molecule has 0 radical (unpaired) electrons. The van der Waals surface area contributed by atoms with Gasteiger partial charge < -0.3 is 20.5 Å². The van der Waals surface area contributed by atoms with Crippen LogP contribution >= 0.6 is 0 Å². The van der Waals surface area contributed by atoms with Gasteiger partial charge in [0, 0.05) is 20.1 Å². The molecular formula is C11H20N2O4. The quantitative estimate of drug-likeness (QED) is 0.545. The molecule has 6 heteroatoms. The van der Waals surface area contributed by atoms with Crippen molar-refractivity contribution in [3.63, 3.8) is 0 Å². The van der Waals surface area contributed by atoms with Gasteiger partial charge in [0.25, 0.3) is 0 Å². The van der Waals surface area contributed by atoms with Crippen molar-refractivity contribution in [2.24, 2.45) is 5.92 Å². The molecule has 1 atom stereocenters. The van der Waals surface area contributed by atoms with Gasteiger partial charge in [-0.2, -0.15) is 0 Å². The zero-order valence-electron chi connectivity index (χ0n) is 10.1. The van der Waals surface area contributed by atoms with E-state index < -0.39 is 5.97 Å². The number of carboxylic acid groups (broad SMARTS) is 1. The summed E-state index contributed by atoms with van der Waals surface area (Å²) in [6.45, 7) is 0.899.